The Kier molecular flexibility index (Phi) is 6.13. The summed E-state index contributed by atoms with van der Waals surface area (Å²) >= 11 is 0. The average molecular weight is 463 g/mol. The molecule has 4 amide bonds. The van der Waals surface area contributed by atoms with Crippen LogP contribution in [0.15, 0.2) is 48.5 Å². The Morgan fingerprint density at radius 3 is 2.56 bits per heavy atom. The normalized spacial score (nSPS) is 23.9. The fraction of sp³-hybridized carbons (Fsp3) is 0.423. The molecule has 3 aliphatic rings. The molecule has 34 heavy (non-hydrogen) atoms. The van der Waals surface area contributed by atoms with Crippen molar-refractivity contribution in [3.8, 4) is 5.75 Å². The van der Waals surface area contributed by atoms with Crippen LogP contribution in [0, 0.1) is 5.92 Å². The number of carbonyl (C=O) groups is 3. The molecule has 5 rings (SSSR count). The van der Waals surface area contributed by atoms with Gasteiger partial charge >= 0.3 is 6.03 Å². The van der Waals surface area contributed by atoms with E-state index in [1.807, 2.05) is 24.3 Å². The number of anilines is 2. The minimum Gasteiger partial charge on any atom is -0.496 e. The lowest BCUT2D eigenvalue weighted by Gasteiger charge is -2.34. The van der Waals surface area contributed by atoms with E-state index in [4.69, 9.17) is 4.74 Å². The molecule has 1 aliphatic carbocycles. The van der Waals surface area contributed by atoms with Crippen LogP contribution in [0.4, 0.5) is 16.2 Å². The van der Waals surface area contributed by atoms with E-state index < -0.39 is 6.04 Å². The Morgan fingerprint density at radius 2 is 1.82 bits per heavy atom. The largest absolute Gasteiger partial charge is 0.496 e. The number of para-hydroxylation sites is 1. The molecule has 1 saturated carbocycles. The molecule has 2 aromatic rings. The quantitative estimate of drug-likeness (QED) is 0.710. The zero-order chi connectivity index (χ0) is 23.7. The van der Waals surface area contributed by atoms with Gasteiger partial charge in [0, 0.05) is 30.5 Å². The van der Waals surface area contributed by atoms with Crippen LogP contribution in [-0.2, 0) is 4.79 Å². The summed E-state index contributed by atoms with van der Waals surface area (Å²) in [5, 5.41) is 5.79. The van der Waals surface area contributed by atoms with E-state index >= 15 is 0 Å². The smallest absolute Gasteiger partial charge is 0.321 e. The van der Waals surface area contributed by atoms with Gasteiger partial charge in [-0.05, 0) is 61.6 Å². The van der Waals surface area contributed by atoms with Crippen molar-refractivity contribution >= 4 is 29.2 Å². The zero-order valence-corrected chi connectivity index (χ0v) is 19.3. The molecule has 178 valence electrons. The monoisotopic (exact) mass is 462 g/mol. The van der Waals surface area contributed by atoms with Crippen molar-refractivity contribution in [3.63, 3.8) is 0 Å². The summed E-state index contributed by atoms with van der Waals surface area (Å²) in [4.78, 5) is 42.5. The standard InChI is InChI=1S/C26H30N4O4/c1-34-23-9-5-3-7-20(23)25(32)30-21-8-4-2-6-17(21)16-22(30)24(31)28-18-10-12-19(13-11-18)29-15-14-27-26(29)33/h3,5,7,9-13,17,21-22H,2,4,6,8,14-16H2,1H3,(H,27,33)(H,28,31). The first-order valence-corrected chi connectivity index (χ1v) is 12.0. The van der Waals surface area contributed by atoms with Crippen molar-refractivity contribution in [3.05, 3.63) is 54.1 Å². The highest BCUT2D eigenvalue weighted by atomic mass is 16.5. The van der Waals surface area contributed by atoms with Crippen LogP contribution >= 0.6 is 0 Å². The number of methoxy groups -OCH3 is 1. The van der Waals surface area contributed by atoms with Crippen molar-refractivity contribution in [2.45, 2.75) is 44.2 Å². The van der Waals surface area contributed by atoms with E-state index in [9.17, 15) is 14.4 Å². The highest BCUT2D eigenvalue weighted by Crippen LogP contribution is 2.41. The molecule has 3 unspecified atom stereocenters. The molecule has 8 heteroatoms. The van der Waals surface area contributed by atoms with Crippen LogP contribution < -0.4 is 20.3 Å². The second-order valence-corrected chi connectivity index (χ2v) is 9.20. The molecule has 0 spiro atoms. The summed E-state index contributed by atoms with van der Waals surface area (Å²) in [6, 6.07) is 13.9. The number of nitrogens with one attached hydrogen (secondary N) is 2. The van der Waals surface area contributed by atoms with Gasteiger partial charge in [-0.3, -0.25) is 14.5 Å². The second-order valence-electron chi connectivity index (χ2n) is 9.20. The molecule has 2 saturated heterocycles. The fourth-order valence-corrected chi connectivity index (χ4v) is 5.61. The maximum absolute atomic E-state index is 13.7. The molecule has 0 radical (unpaired) electrons. The summed E-state index contributed by atoms with van der Waals surface area (Å²) in [7, 11) is 1.55. The van der Waals surface area contributed by atoms with E-state index in [1.54, 1.807) is 41.2 Å². The minimum atomic E-state index is -0.533. The number of amides is 4. The van der Waals surface area contributed by atoms with Gasteiger partial charge in [0.25, 0.3) is 5.91 Å². The van der Waals surface area contributed by atoms with Gasteiger partial charge in [-0.1, -0.05) is 25.0 Å². The highest BCUT2D eigenvalue weighted by molar-refractivity contribution is 6.03. The highest BCUT2D eigenvalue weighted by Gasteiger charge is 2.48. The number of likely N-dealkylation sites (tertiary alicyclic amines) is 1. The first-order valence-electron chi connectivity index (χ1n) is 12.0. The van der Waals surface area contributed by atoms with Crippen molar-refractivity contribution in [2.24, 2.45) is 5.92 Å². The van der Waals surface area contributed by atoms with Gasteiger partial charge in [0.1, 0.15) is 11.8 Å². The lowest BCUT2D eigenvalue weighted by atomic mass is 9.84. The third-order valence-corrected chi connectivity index (χ3v) is 7.27. The fourth-order valence-electron chi connectivity index (χ4n) is 5.61. The molecule has 2 heterocycles. The predicted molar refractivity (Wildman–Crippen MR) is 129 cm³/mol. The van der Waals surface area contributed by atoms with Crippen molar-refractivity contribution in [2.75, 3.05) is 30.4 Å². The maximum atomic E-state index is 13.7. The number of nitrogens with zero attached hydrogens (tertiary/aromatic N) is 2. The number of fused-ring (bicyclic) bond motifs is 1. The number of benzene rings is 2. The van der Waals surface area contributed by atoms with Crippen molar-refractivity contribution < 1.29 is 19.1 Å². The summed E-state index contributed by atoms with van der Waals surface area (Å²) in [6.07, 6.45) is 4.83. The molecule has 8 nitrogen and oxygen atoms in total. The first kappa shape index (κ1) is 22.3. The minimum absolute atomic E-state index is 0.0676. The zero-order valence-electron chi connectivity index (χ0n) is 19.3. The molecule has 3 fully saturated rings. The average Bonchev–Trinajstić information content (AvgIpc) is 3.47. The summed E-state index contributed by atoms with van der Waals surface area (Å²) < 4.78 is 5.43. The van der Waals surface area contributed by atoms with Crippen LogP contribution in [0.5, 0.6) is 5.75 Å². The van der Waals surface area contributed by atoms with Gasteiger partial charge in [0.15, 0.2) is 0 Å². The Bertz CT molecular complexity index is 1090. The first-order chi connectivity index (χ1) is 16.6. The van der Waals surface area contributed by atoms with Gasteiger partial charge < -0.3 is 20.3 Å². The summed E-state index contributed by atoms with van der Waals surface area (Å²) in [5.41, 5.74) is 1.92. The third kappa shape index (κ3) is 4.08. The van der Waals surface area contributed by atoms with Crippen LogP contribution in [0.3, 0.4) is 0 Å². The second kappa shape index (κ2) is 9.37. The third-order valence-electron chi connectivity index (χ3n) is 7.27. The van der Waals surface area contributed by atoms with Crippen molar-refractivity contribution in [1.82, 2.24) is 10.2 Å². The molecular formula is C26H30N4O4. The van der Waals surface area contributed by atoms with Crippen LogP contribution in [0.2, 0.25) is 0 Å². The topological polar surface area (TPSA) is 91.0 Å². The van der Waals surface area contributed by atoms with Gasteiger partial charge in [-0.2, -0.15) is 0 Å². The van der Waals surface area contributed by atoms with E-state index in [0.717, 1.165) is 31.4 Å². The van der Waals surface area contributed by atoms with Gasteiger partial charge in [-0.25, -0.2) is 4.79 Å². The van der Waals surface area contributed by atoms with Gasteiger partial charge in [-0.15, -0.1) is 0 Å². The molecule has 3 atom stereocenters. The number of carbonyl (C=O) groups excluding carboxylic acids is 3. The van der Waals surface area contributed by atoms with E-state index in [2.05, 4.69) is 10.6 Å². The summed E-state index contributed by atoms with van der Waals surface area (Å²) in [6.45, 7) is 1.24. The van der Waals surface area contributed by atoms with E-state index in [-0.39, 0.29) is 23.9 Å². The molecule has 2 aromatic carbocycles. The maximum Gasteiger partial charge on any atom is 0.321 e. The van der Waals surface area contributed by atoms with E-state index in [1.165, 1.54) is 0 Å². The summed E-state index contributed by atoms with van der Waals surface area (Å²) in [5.74, 6) is 0.526. The predicted octanol–water partition coefficient (Wildman–Crippen LogP) is 3.64. The number of hydrogen-bond acceptors (Lipinski definition) is 4. The van der Waals surface area contributed by atoms with Gasteiger partial charge in [0.2, 0.25) is 5.91 Å². The lowest BCUT2D eigenvalue weighted by Crippen LogP contribution is -2.48. The van der Waals surface area contributed by atoms with Crippen LogP contribution in [0.25, 0.3) is 0 Å². The molecule has 2 aliphatic heterocycles. The van der Waals surface area contributed by atoms with E-state index in [0.29, 0.717) is 42.4 Å². The van der Waals surface area contributed by atoms with Crippen LogP contribution in [0.1, 0.15) is 42.5 Å². The SMILES string of the molecule is COc1ccccc1C(=O)N1C(C(=O)Nc2ccc(N3CCNC3=O)cc2)CC2CCCCC21. The molecule has 0 aromatic heterocycles. The van der Waals surface area contributed by atoms with Crippen molar-refractivity contribution in [1.29, 1.82) is 0 Å². The molecular weight excluding hydrogens is 432 g/mol. The molecule has 2 N–H and O–H groups in total. The number of urea groups is 1. The van der Waals surface area contributed by atoms with Gasteiger partial charge in [0.05, 0.1) is 12.7 Å². The molecule has 0 bridgehead atoms. The Labute approximate surface area is 199 Å². The Hall–Kier alpha value is -3.55. The Balaban J connectivity index is 1.36. The Morgan fingerprint density at radius 1 is 1.06 bits per heavy atom. The number of rotatable bonds is 5. The number of hydrogen-bond donors (Lipinski definition) is 2. The number of ether oxygens (including phenoxy) is 1. The van der Waals surface area contributed by atoms with Crippen LogP contribution in [-0.4, -0.2) is 55.0 Å². The lowest BCUT2D eigenvalue weighted by molar-refractivity contribution is -0.120.